The molecule has 2 unspecified atom stereocenters. The number of anilines is 2. The molecule has 0 aliphatic carbocycles. The minimum atomic E-state index is -4.32. The number of rotatable bonds is 4. The van der Waals surface area contributed by atoms with Gasteiger partial charge >= 0.3 is 6.18 Å². The van der Waals surface area contributed by atoms with Gasteiger partial charge in [-0.3, -0.25) is 4.68 Å². The molecule has 0 radical (unpaired) electrons. The SMILES string of the molecule is COc1cccc2c1nc(N)n1nc(C3CCC(C)N(c4cnn(CC(F)(F)F)c4)C3)nc21. The largest absolute Gasteiger partial charge is 0.494 e. The summed E-state index contributed by atoms with van der Waals surface area (Å²) in [5, 5.41) is 9.29. The molecule has 0 amide bonds. The van der Waals surface area contributed by atoms with E-state index in [0.29, 0.717) is 35.0 Å². The van der Waals surface area contributed by atoms with Crippen molar-refractivity contribution >= 4 is 28.2 Å². The second-order valence-electron chi connectivity index (χ2n) is 8.32. The summed E-state index contributed by atoms with van der Waals surface area (Å²) >= 11 is 0. The fraction of sp³-hybridized carbons (Fsp3) is 0.429. The van der Waals surface area contributed by atoms with Crippen LogP contribution in [0, 0.1) is 0 Å². The number of halogens is 3. The molecule has 1 aliphatic heterocycles. The van der Waals surface area contributed by atoms with Crippen LogP contribution in [0.3, 0.4) is 0 Å². The number of hydrogen-bond acceptors (Lipinski definition) is 7. The summed E-state index contributed by atoms with van der Waals surface area (Å²) in [6.45, 7) is 1.50. The van der Waals surface area contributed by atoms with E-state index < -0.39 is 12.7 Å². The van der Waals surface area contributed by atoms with E-state index in [1.165, 1.54) is 16.9 Å². The molecule has 1 aliphatic rings. The predicted octanol–water partition coefficient (Wildman–Crippen LogP) is 3.40. The lowest BCUT2D eigenvalue weighted by Crippen LogP contribution is -2.41. The third kappa shape index (κ3) is 3.89. The second kappa shape index (κ2) is 7.78. The van der Waals surface area contributed by atoms with Crippen molar-refractivity contribution < 1.29 is 17.9 Å². The zero-order valence-electron chi connectivity index (χ0n) is 18.1. The fourth-order valence-electron chi connectivity index (χ4n) is 4.43. The zero-order valence-corrected chi connectivity index (χ0v) is 18.1. The summed E-state index contributed by atoms with van der Waals surface area (Å²) in [7, 11) is 1.57. The van der Waals surface area contributed by atoms with Crippen molar-refractivity contribution in [1.29, 1.82) is 0 Å². The number of piperidine rings is 1. The average Bonchev–Trinajstić information content (AvgIpc) is 3.41. The summed E-state index contributed by atoms with van der Waals surface area (Å²) in [6, 6.07) is 5.71. The molecule has 0 bridgehead atoms. The maximum atomic E-state index is 12.7. The van der Waals surface area contributed by atoms with Crippen LogP contribution in [0.5, 0.6) is 5.75 Å². The molecule has 2 N–H and O–H groups in total. The monoisotopic (exact) mass is 460 g/mol. The van der Waals surface area contributed by atoms with Crippen molar-refractivity contribution in [3.05, 3.63) is 36.4 Å². The number of para-hydroxylation sites is 1. The molecule has 0 spiro atoms. The van der Waals surface area contributed by atoms with Gasteiger partial charge in [0.2, 0.25) is 5.95 Å². The molecular formula is C21H23F3N8O. The summed E-state index contributed by atoms with van der Waals surface area (Å²) < 4.78 is 46.0. The number of benzene rings is 1. The van der Waals surface area contributed by atoms with Gasteiger partial charge in [-0.05, 0) is 31.9 Å². The van der Waals surface area contributed by atoms with Crippen molar-refractivity contribution in [2.24, 2.45) is 0 Å². The molecule has 5 rings (SSSR count). The molecule has 4 heterocycles. The first-order valence-electron chi connectivity index (χ1n) is 10.6. The minimum Gasteiger partial charge on any atom is -0.494 e. The molecule has 33 heavy (non-hydrogen) atoms. The maximum Gasteiger partial charge on any atom is 0.408 e. The molecule has 12 heteroatoms. The Bertz CT molecular complexity index is 1310. The van der Waals surface area contributed by atoms with Crippen LogP contribution in [-0.4, -0.2) is 55.2 Å². The highest BCUT2D eigenvalue weighted by Gasteiger charge is 2.32. The van der Waals surface area contributed by atoms with E-state index in [-0.39, 0.29) is 17.9 Å². The first-order valence-corrected chi connectivity index (χ1v) is 10.6. The van der Waals surface area contributed by atoms with Gasteiger partial charge < -0.3 is 15.4 Å². The van der Waals surface area contributed by atoms with E-state index in [1.54, 1.807) is 7.11 Å². The van der Waals surface area contributed by atoms with Crippen molar-refractivity contribution in [3.63, 3.8) is 0 Å². The van der Waals surface area contributed by atoms with Crippen LogP contribution >= 0.6 is 0 Å². The van der Waals surface area contributed by atoms with Gasteiger partial charge in [-0.1, -0.05) is 6.07 Å². The van der Waals surface area contributed by atoms with Crippen LogP contribution in [0.25, 0.3) is 16.6 Å². The highest BCUT2D eigenvalue weighted by Crippen LogP contribution is 2.34. The molecule has 1 fully saturated rings. The van der Waals surface area contributed by atoms with Gasteiger partial charge in [0.25, 0.3) is 0 Å². The lowest BCUT2D eigenvalue weighted by atomic mass is 9.92. The first-order chi connectivity index (χ1) is 15.7. The van der Waals surface area contributed by atoms with E-state index in [2.05, 4.69) is 27.0 Å². The molecule has 2 atom stereocenters. The Labute approximate surface area is 187 Å². The average molecular weight is 460 g/mol. The Balaban J connectivity index is 1.47. The van der Waals surface area contributed by atoms with Gasteiger partial charge in [-0.15, -0.1) is 5.10 Å². The van der Waals surface area contributed by atoms with Crippen LogP contribution in [-0.2, 0) is 6.54 Å². The van der Waals surface area contributed by atoms with Gasteiger partial charge in [0, 0.05) is 30.1 Å². The molecule has 0 saturated carbocycles. The third-order valence-corrected chi connectivity index (χ3v) is 6.07. The van der Waals surface area contributed by atoms with E-state index >= 15 is 0 Å². The van der Waals surface area contributed by atoms with Crippen molar-refractivity contribution in [2.45, 2.75) is 44.4 Å². The Hall–Kier alpha value is -3.57. The lowest BCUT2D eigenvalue weighted by molar-refractivity contribution is -0.142. The van der Waals surface area contributed by atoms with Crippen LogP contribution < -0.4 is 15.4 Å². The molecule has 174 valence electrons. The Morgan fingerprint density at radius 3 is 2.79 bits per heavy atom. The van der Waals surface area contributed by atoms with E-state index in [1.807, 2.05) is 18.2 Å². The number of methoxy groups -OCH3 is 1. The standard InChI is InChI=1S/C21H23F3N8O/c1-12-6-7-13(9-31(12)14-8-26-30(10-14)11-21(22,23)24)18-28-19-15-4-3-5-16(33-2)17(15)27-20(25)32(19)29-18/h3-5,8,10,12-13H,6-7,9,11H2,1-2H3,(H2,25,27). The summed E-state index contributed by atoms with van der Waals surface area (Å²) in [5.74, 6) is 1.40. The number of alkyl halides is 3. The maximum absolute atomic E-state index is 12.7. The molecule has 4 aromatic rings. The summed E-state index contributed by atoms with van der Waals surface area (Å²) in [4.78, 5) is 11.3. The second-order valence-corrected chi connectivity index (χ2v) is 8.32. The number of ether oxygens (including phenoxy) is 1. The number of hydrogen-bond donors (Lipinski definition) is 1. The molecular weight excluding hydrogens is 437 g/mol. The van der Waals surface area contributed by atoms with E-state index in [0.717, 1.165) is 22.9 Å². The van der Waals surface area contributed by atoms with Crippen molar-refractivity contribution in [3.8, 4) is 5.75 Å². The summed E-state index contributed by atoms with van der Waals surface area (Å²) in [5.41, 5.74) is 8.02. The first kappa shape index (κ1) is 21.3. The number of nitrogens with zero attached hydrogens (tertiary/aromatic N) is 7. The molecule has 9 nitrogen and oxygen atoms in total. The highest BCUT2D eigenvalue weighted by atomic mass is 19.4. The van der Waals surface area contributed by atoms with Crippen LogP contribution in [0.1, 0.15) is 31.5 Å². The van der Waals surface area contributed by atoms with Gasteiger partial charge in [0.1, 0.15) is 17.8 Å². The van der Waals surface area contributed by atoms with Gasteiger partial charge in [-0.25, -0.2) is 9.97 Å². The zero-order chi connectivity index (χ0) is 23.3. The van der Waals surface area contributed by atoms with Gasteiger partial charge in [0.05, 0.1) is 19.0 Å². The minimum absolute atomic E-state index is 0.0212. The quantitative estimate of drug-likeness (QED) is 0.498. The number of fused-ring (bicyclic) bond motifs is 3. The third-order valence-electron chi connectivity index (χ3n) is 6.07. The Morgan fingerprint density at radius 1 is 1.21 bits per heavy atom. The summed E-state index contributed by atoms with van der Waals surface area (Å²) in [6.07, 6.45) is 0.278. The van der Waals surface area contributed by atoms with Gasteiger partial charge in [0.15, 0.2) is 11.5 Å². The van der Waals surface area contributed by atoms with Gasteiger partial charge in [-0.2, -0.15) is 22.8 Å². The number of nitrogen functional groups attached to an aromatic ring is 1. The van der Waals surface area contributed by atoms with Crippen molar-refractivity contribution in [2.75, 3.05) is 24.3 Å². The normalized spacial score (nSPS) is 19.5. The Morgan fingerprint density at radius 2 is 2.03 bits per heavy atom. The fourth-order valence-corrected chi connectivity index (χ4v) is 4.43. The number of aromatic nitrogens is 6. The van der Waals surface area contributed by atoms with E-state index in [4.69, 9.17) is 15.5 Å². The topological polar surface area (TPSA) is 99.4 Å². The molecule has 3 aromatic heterocycles. The van der Waals surface area contributed by atoms with Crippen molar-refractivity contribution in [1.82, 2.24) is 29.4 Å². The molecule has 1 aromatic carbocycles. The highest BCUT2D eigenvalue weighted by molar-refractivity contribution is 5.95. The van der Waals surface area contributed by atoms with Crippen LogP contribution in [0.4, 0.5) is 24.8 Å². The van der Waals surface area contributed by atoms with Crippen LogP contribution in [0.15, 0.2) is 30.6 Å². The van der Waals surface area contributed by atoms with E-state index in [9.17, 15) is 13.2 Å². The number of nitrogens with two attached hydrogens (primary N) is 1. The predicted molar refractivity (Wildman–Crippen MR) is 116 cm³/mol. The smallest absolute Gasteiger partial charge is 0.408 e. The Kier molecular flexibility index (Phi) is 5.02. The van der Waals surface area contributed by atoms with Crippen LogP contribution in [0.2, 0.25) is 0 Å². The molecule has 1 saturated heterocycles. The lowest BCUT2D eigenvalue weighted by Gasteiger charge is -2.37.